The van der Waals surface area contributed by atoms with Crippen molar-refractivity contribution in [3.05, 3.63) is 86.8 Å². The Morgan fingerprint density at radius 2 is 1.70 bits per heavy atom. The minimum atomic E-state index is -3.67. The summed E-state index contributed by atoms with van der Waals surface area (Å²) >= 11 is 9.86. The molecule has 0 spiro atoms. The van der Waals surface area contributed by atoms with Crippen LogP contribution in [0.3, 0.4) is 0 Å². The maximum atomic E-state index is 11.4. The van der Waals surface area contributed by atoms with Crippen LogP contribution in [-0.4, -0.2) is 21.6 Å². The molecule has 0 aliphatic carbocycles. The fraction of sp³-hybridized carbons (Fsp3) is 0.250. The zero-order valence-electron chi connectivity index (χ0n) is 18.2. The van der Waals surface area contributed by atoms with E-state index in [9.17, 15) is 8.42 Å². The summed E-state index contributed by atoms with van der Waals surface area (Å²) in [4.78, 5) is 0.114. The molecule has 0 unspecified atom stereocenters. The van der Waals surface area contributed by atoms with Crippen LogP contribution in [-0.2, 0) is 29.6 Å². The molecule has 3 N–H and O–H groups in total. The Bertz CT molecular complexity index is 1190. The Labute approximate surface area is 208 Å². The van der Waals surface area contributed by atoms with E-state index < -0.39 is 10.0 Å². The number of hydrogen-bond donors (Lipinski definition) is 2. The standard InChI is InChI=1S/C24H26BrClN2O4S/c1-2-31-23-13-19(15-28-12-11-17-7-9-20(10-8-17)33(27,29)30)21(25)14-24(23)32-16-18-5-3-4-6-22(18)26/h3-10,13-14,28H,2,11-12,15-16H2,1H3,(H2,27,29,30). The Morgan fingerprint density at radius 3 is 2.36 bits per heavy atom. The smallest absolute Gasteiger partial charge is 0.238 e. The van der Waals surface area contributed by atoms with E-state index in [1.54, 1.807) is 12.1 Å². The van der Waals surface area contributed by atoms with Crippen LogP contribution in [0.15, 0.2) is 70.0 Å². The first kappa shape index (κ1) is 25.5. The second kappa shape index (κ2) is 11.9. The topological polar surface area (TPSA) is 90.6 Å². The van der Waals surface area contributed by atoms with E-state index in [1.807, 2.05) is 43.3 Å². The number of sulfonamides is 1. The molecule has 33 heavy (non-hydrogen) atoms. The van der Waals surface area contributed by atoms with Crippen LogP contribution in [0.4, 0.5) is 0 Å². The van der Waals surface area contributed by atoms with Crippen LogP contribution in [0.1, 0.15) is 23.6 Å². The molecule has 0 aromatic heterocycles. The van der Waals surface area contributed by atoms with Crippen molar-refractivity contribution in [2.75, 3.05) is 13.2 Å². The molecule has 0 aliphatic heterocycles. The van der Waals surface area contributed by atoms with E-state index >= 15 is 0 Å². The molecule has 0 atom stereocenters. The summed E-state index contributed by atoms with van der Waals surface area (Å²) in [7, 11) is -3.67. The summed E-state index contributed by atoms with van der Waals surface area (Å²) < 4.78 is 35.4. The molecule has 0 heterocycles. The number of benzene rings is 3. The average Bonchev–Trinajstić information content (AvgIpc) is 2.78. The highest BCUT2D eigenvalue weighted by Gasteiger charge is 2.12. The normalized spacial score (nSPS) is 11.4. The van der Waals surface area contributed by atoms with Crippen molar-refractivity contribution in [3.8, 4) is 11.5 Å². The van der Waals surface area contributed by atoms with Gasteiger partial charge < -0.3 is 14.8 Å². The molecule has 0 fully saturated rings. The molecule has 0 saturated carbocycles. The maximum Gasteiger partial charge on any atom is 0.238 e. The molecule has 3 aromatic rings. The number of rotatable bonds is 11. The van der Waals surface area contributed by atoms with Crippen LogP contribution >= 0.6 is 27.5 Å². The number of hydrogen-bond acceptors (Lipinski definition) is 5. The van der Waals surface area contributed by atoms with Gasteiger partial charge in [0.25, 0.3) is 0 Å². The molecule has 176 valence electrons. The summed E-state index contributed by atoms with van der Waals surface area (Å²) in [6.45, 7) is 4.13. The summed E-state index contributed by atoms with van der Waals surface area (Å²) in [6, 6.07) is 18.0. The first-order valence-electron chi connectivity index (χ1n) is 10.4. The average molecular weight is 554 g/mol. The van der Waals surface area contributed by atoms with Gasteiger partial charge in [-0.15, -0.1) is 0 Å². The summed E-state index contributed by atoms with van der Waals surface area (Å²) in [5.41, 5.74) is 2.96. The van der Waals surface area contributed by atoms with E-state index in [0.717, 1.165) is 34.1 Å². The molecule has 3 aromatic carbocycles. The number of ether oxygens (including phenoxy) is 2. The summed E-state index contributed by atoms with van der Waals surface area (Å²) in [5.74, 6) is 1.31. The van der Waals surface area contributed by atoms with E-state index in [-0.39, 0.29) is 4.90 Å². The second-order valence-electron chi connectivity index (χ2n) is 7.32. The lowest BCUT2D eigenvalue weighted by molar-refractivity contribution is 0.269. The number of halogens is 2. The van der Waals surface area contributed by atoms with E-state index in [0.29, 0.717) is 36.3 Å². The van der Waals surface area contributed by atoms with Gasteiger partial charge in [-0.05, 0) is 61.3 Å². The van der Waals surface area contributed by atoms with Gasteiger partial charge in [0.1, 0.15) is 6.61 Å². The van der Waals surface area contributed by atoms with E-state index in [2.05, 4.69) is 21.2 Å². The highest BCUT2D eigenvalue weighted by Crippen LogP contribution is 2.35. The van der Waals surface area contributed by atoms with Crippen molar-refractivity contribution >= 4 is 37.6 Å². The van der Waals surface area contributed by atoms with Gasteiger partial charge >= 0.3 is 0 Å². The van der Waals surface area contributed by atoms with Crippen molar-refractivity contribution in [2.45, 2.75) is 31.4 Å². The first-order chi connectivity index (χ1) is 15.8. The predicted octanol–water partition coefficient (Wildman–Crippen LogP) is 5.06. The lowest BCUT2D eigenvalue weighted by Crippen LogP contribution is -2.17. The molecule has 0 saturated heterocycles. The Morgan fingerprint density at radius 1 is 1.00 bits per heavy atom. The number of nitrogens with two attached hydrogens (primary N) is 1. The zero-order valence-corrected chi connectivity index (χ0v) is 21.3. The van der Waals surface area contributed by atoms with Gasteiger partial charge in [-0.2, -0.15) is 0 Å². The van der Waals surface area contributed by atoms with Crippen molar-refractivity contribution in [2.24, 2.45) is 5.14 Å². The summed E-state index contributed by atoms with van der Waals surface area (Å²) in [6.07, 6.45) is 0.750. The number of nitrogens with one attached hydrogen (secondary N) is 1. The van der Waals surface area contributed by atoms with Gasteiger partial charge in [0.2, 0.25) is 10.0 Å². The predicted molar refractivity (Wildman–Crippen MR) is 134 cm³/mol. The zero-order chi connectivity index (χ0) is 23.8. The molecular formula is C24H26BrClN2O4S. The SMILES string of the molecule is CCOc1cc(CNCCc2ccc(S(N)(=O)=O)cc2)c(Br)cc1OCc1ccccc1Cl. The van der Waals surface area contributed by atoms with Gasteiger partial charge in [-0.1, -0.05) is 57.9 Å². The van der Waals surface area contributed by atoms with Crippen LogP contribution < -0.4 is 19.9 Å². The molecule has 0 bridgehead atoms. The monoisotopic (exact) mass is 552 g/mol. The van der Waals surface area contributed by atoms with E-state index in [1.165, 1.54) is 12.1 Å². The lowest BCUT2D eigenvalue weighted by Gasteiger charge is -2.16. The van der Waals surface area contributed by atoms with Gasteiger partial charge in [0, 0.05) is 21.6 Å². The van der Waals surface area contributed by atoms with Crippen LogP contribution in [0, 0.1) is 0 Å². The lowest BCUT2D eigenvalue weighted by atomic mass is 10.1. The van der Waals surface area contributed by atoms with E-state index in [4.69, 9.17) is 26.2 Å². The Balaban J connectivity index is 1.60. The van der Waals surface area contributed by atoms with Crippen molar-refractivity contribution in [1.82, 2.24) is 5.32 Å². The highest BCUT2D eigenvalue weighted by atomic mass is 79.9. The molecule has 0 radical (unpaired) electrons. The van der Waals surface area contributed by atoms with Crippen molar-refractivity contribution in [1.29, 1.82) is 0 Å². The quantitative estimate of drug-likeness (QED) is 0.324. The Kier molecular flexibility index (Phi) is 9.17. The summed E-state index contributed by atoms with van der Waals surface area (Å²) in [5, 5.41) is 9.20. The minimum absolute atomic E-state index is 0.114. The van der Waals surface area contributed by atoms with Gasteiger partial charge in [0.05, 0.1) is 11.5 Å². The minimum Gasteiger partial charge on any atom is -0.490 e. The van der Waals surface area contributed by atoms with Gasteiger partial charge in [-0.3, -0.25) is 0 Å². The third-order valence-electron chi connectivity index (χ3n) is 4.91. The van der Waals surface area contributed by atoms with Crippen molar-refractivity contribution in [3.63, 3.8) is 0 Å². The highest BCUT2D eigenvalue weighted by molar-refractivity contribution is 9.10. The fourth-order valence-corrected chi connectivity index (χ4v) is 4.33. The molecule has 6 nitrogen and oxygen atoms in total. The molecule has 3 rings (SSSR count). The number of primary sulfonamides is 1. The molecule has 0 amide bonds. The van der Waals surface area contributed by atoms with Crippen LogP contribution in [0.5, 0.6) is 11.5 Å². The molecule has 9 heteroatoms. The third kappa shape index (κ3) is 7.45. The van der Waals surface area contributed by atoms with Crippen LogP contribution in [0.2, 0.25) is 5.02 Å². The van der Waals surface area contributed by atoms with Gasteiger partial charge in [-0.25, -0.2) is 13.6 Å². The molecular weight excluding hydrogens is 528 g/mol. The fourth-order valence-electron chi connectivity index (χ4n) is 3.17. The Hall–Kier alpha value is -2.10. The second-order valence-corrected chi connectivity index (χ2v) is 10.1. The maximum absolute atomic E-state index is 11.4. The van der Waals surface area contributed by atoms with Crippen LogP contribution in [0.25, 0.3) is 0 Å². The van der Waals surface area contributed by atoms with Gasteiger partial charge in [0.15, 0.2) is 11.5 Å². The first-order valence-corrected chi connectivity index (χ1v) is 13.1. The van der Waals surface area contributed by atoms with Crippen molar-refractivity contribution < 1.29 is 17.9 Å². The largest absolute Gasteiger partial charge is 0.490 e. The molecule has 0 aliphatic rings. The third-order valence-corrected chi connectivity index (χ3v) is 6.95.